The molecular formula is C13H19BrFN3. The van der Waals surface area contributed by atoms with Crippen LogP contribution in [0.5, 0.6) is 0 Å². The lowest BCUT2D eigenvalue weighted by Crippen LogP contribution is -2.49. The smallest absolute Gasteiger partial charge is 0.146 e. The van der Waals surface area contributed by atoms with Crippen LogP contribution >= 0.6 is 15.9 Å². The standard InChI is InChI=1S/C13H19BrFN3/c1-18-7-6-16-11(9-18)4-5-17-13-8-10(14)2-3-12(13)15/h2-3,8,11,16-17H,4-7,9H2,1H3. The fourth-order valence-electron chi connectivity index (χ4n) is 2.20. The first-order valence-electron chi connectivity index (χ1n) is 6.26. The van der Waals surface area contributed by atoms with Gasteiger partial charge in [-0.05, 0) is 31.7 Å². The summed E-state index contributed by atoms with van der Waals surface area (Å²) in [5, 5.41) is 6.63. The second-order valence-corrected chi connectivity index (χ2v) is 5.67. The third kappa shape index (κ3) is 3.93. The normalized spacial score (nSPS) is 20.9. The van der Waals surface area contributed by atoms with Gasteiger partial charge in [0.25, 0.3) is 0 Å². The molecule has 3 nitrogen and oxygen atoms in total. The minimum Gasteiger partial charge on any atom is -0.383 e. The quantitative estimate of drug-likeness (QED) is 0.892. The van der Waals surface area contributed by atoms with E-state index in [1.165, 1.54) is 6.07 Å². The number of hydrogen-bond acceptors (Lipinski definition) is 3. The molecule has 0 bridgehead atoms. The van der Waals surface area contributed by atoms with Crippen LogP contribution in [0.15, 0.2) is 22.7 Å². The molecule has 0 spiro atoms. The Labute approximate surface area is 116 Å². The van der Waals surface area contributed by atoms with E-state index in [9.17, 15) is 4.39 Å². The molecule has 0 saturated carbocycles. The van der Waals surface area contributed by atoms with E-state index in [0.717, 1.165) is 37.1 Å². The van der Waals surface area contributed by atoms with Crippen molar-refractivity contribution in [2.24, 2.45) is 0 Å². The van der Waals surface area contributed by atoms with Crippen molar-refractivity contribution in [3.05, 3.63) is 28.5 Å². The van der Waals surface area contributed by atoms with Crippen molar-refractivity contribution in [3.8, 4) is 0 Å². The summed E-state index contributed by atoms with van der Waals surface area (Å²) in [6.45, 7) is 3.97. The van der Waals surface area contributed by atoms with Gasteiger partial charge in [-0.25, -0.2) is 4.39 Å². The van der Waals surface area contributed by atoms with Crippen molar-refractivity contribution in [3.63, 3.8) is 0 Å². The topological polar surface area (TPSA) is 27.3 Å². The van der Waals surface area contributed by atoms with Crippen molar-refractivity contribution in [2.45, 2.75) is 12.5 Å². The minimum atomic E-state index is -0.202. The molecule has 1 heterocycles. The molecule has 1 aliphatic rings. The highest BCUT2D eigenvalue weighted by Crippen LogP contribution is 2.20. The van der Waals surface area contributed by atoms with E-state index in [2.05, 4.69) is 38.5 Å². The fraction of sp³-hybridized carbons (Fsp3) is 0.538. The first-order valence-corrected chi connectivity index (χ1v) is 7.05. The summed E-state index contributed by atoms with van der Waals surface area (Å²) < 4.78 is 14.4. The van der Waals surface area contributed by atoms with E-state index in [4.69, 9.17) is 0 Å². The summed E-state index contributed by atoms with van der Waals surface area (Å²) in [5.41, 5.74) is 0.563. The van der Waals surface area contributed by atoms with Crippen molar-refractivity contribution < 1.29 is 4.39 Å². The minimum absolute atomic E-state index is 0.202. The van der Waals surface area contributed by atoms with Gasteiger partial charge < -0.3 is 15.5 Å². The number of nitrogens with zero attached hydrogens (tertiary/aromatic N) is 1. The molecule has 100 valence electrons. The third-order valence-corrected chi connectivity index (χ3v) is 3.69. The first-order chi connectivity index (χ1) is 8.65. The molecular weight excluding hydrogens is 297 g/mol. The van der Waals surface area contributed by atoms with Crippen LogP contribution in [-0.2, 0) is 0 Å². The number of nitrogens with one attached hydrogen (secondary N) is 2. The number of benzene rings is 1. The first kappa shape index (κ1) is 13.8. The number of halogens is 2. The van der Waals surface area contributed by atoms with Crippen molar-refractivity contribution in [2.75, 3.05) is 38.5 Å². The second kappa shape index (κ2) is 6.50. The van der Waals surface area contributed by atoms with Gasteiger partial charge in [0.05, 0.1) is 5.69 Å². The Morgan fingerprint density at radius 3 is 3.17 bits per heavy atom. The highest BCUT2D eigenvalue weighted by atomic mass is 79.9. The molecule has 5 heteroatoms. The number of piperazine rings is 1. The number of anilines is 1. The Balaban J connectivity index is 1.79. The summed E-state index contributed by atoms with van der Waals surface area (Å²) in [5.74, 6) is -0.202. The van der Waals surface area contributed by atoms with Gasteiger partial charge >= 0.3 is 0 Å². The Bertz CT molecular complexity index is 400. The molecule has 0 radical (unpaired) electrons. The average molecular weight is 316 g/mol. The Kier molecular flexibility index (Phi) is 4.97. The van der Waals surface area contributed by atoms with Crippen LogP contribution in [0.25, 0.3) is 0 Å². The summed E-state index contributed by atoms with van der Waals surface area (Å²) >= 11 is 3.35. The van der Waals surface area contributed by atoms with E-state index < -0.39 is 0 Å². The van der Waals surface area contributed by atoms with Crippen LogP contribution in [-0.4, -0.2) is 44.2 Å². The monoisotopic (exact) mass is 315 g/mol. The average Bonchev–Trinajstić information content (AvgIpc) is 2.34. The maximum Gasteiger partial charge on any atom is 0.146 e. The number of hydrogen-bond donors (Lipinski definition) is 2. The highest BCUT2D eigenvalue weighted by Gasteiger charge is 2.15. The van der Waals surface area contributed by atoms with Crippen LogP contribution in [0.4, 0.5) is 10.1 Å². The maximum absolute atomic E-state index is 13.5. The summed E-state index contributed by atoms with van der Waals surface area (Å²) in [6, 6.07) is 5.44. The van der Waals surface area contributed by atoms with Crippen molar-refractivity contribution >= 4 is 21.6 Å². The van der Waals surface area contributed by atoms with E-state index >= 15 is 0 Å². The lowest BCUT2D eigenvalue weighted by Gasteiger charge is -2.31. The van der Waals surface area contributed by atoms with Crippen LogP contribution in [0, 0.1) is 5.82 Å². The SMILES string of the molecule is CN1CCNC(CCNc2cc(Br)ccc2F)C1. The molecule has 1 saturated heterocycles. The van der Waals surface area contributed by atoms with Gasteiger partial charge in [0.2, 0.25) is 0 Å². The predicted octanol–water partition coefficient (Wildman–Crippen LogP) is 2.29. The van der Waals surface area contributed by atoms with Gasteiger partial charge in [-0.2, -0.15) is 0 Å². The zero-order valence-corrected chi connectivity index (χ0v) is 12.1. The van der Waals surface area contributed by atoms with Gasteiger partial charge in [-0.1, -0.05) is 15.9 Å². The van der Waals surface area contributed by atoms with Crippen LogP contribution in [0.3, 0.4) is 0 Å². The van der Waals surface area contributed by atoms with E-state index in [-0.39, 0.29) is 5.82 Å². The predicted molar refractivity (Wildman–Crippen MR) is 76.5 cm³/mol. The molecule has 0 aliphatic carbocycles. The molecule has 0 aromatic heterocycles. The van der Waals surface area contributed by atoms with Gasteiger partial charge in [-0.3, -0.25) is 0 Å². The molecule has 2 rings (SSSR count). The van der Waals surface area contributed by atoms with E-state index in [0.29, 0.717) is 11.7 Å². The molecule has 1 aliphatic heterocycles. The number of likely N-dealkylation sites (N-methyl/N-ethyl adjacent to an activating group) is 1. The molecule has 0 amide bonds. The van der Waals surface area contributed by atoms with Crippen LogP contribution in [0.1, 0.15) is 6.42 Å². The lowest BCUT2D eigenvalue weighted by atomic mass is 10.1. The summed E-state index contributed by atoms with van der Waals surface area (Å²) in [6.07, 6.45) is 0.996. The molecule has 18 heavy (non-hydrogen) atoms. The van der Waals surface area contributed by atoms with Gasteiger partial charge in [-0.15, -0.1) is 0 Å². The molecule has 2 N–H and O–H groups in total. The van der Waals surface area contributed by atoms with Crippen molar-refractivity contribution in [1.29, 1.82) is 0 Å². The fourth-order valence-corrected chi connectivity index (χ4v) is 2.56. The molecule has 1 aromatic carbocycles. The molecule has 1 atom stereocenters. The Morgan fingerprint density at radius 1 is 1.56 bits per heavy atom. The van der Waals surface area contributed by atoms with Crippen LogP contribution < -0.4 is 10.6 Å². The van der Waals surface area contributed by atoms with Gasteiger partial charge in [0.15, 0.2) is 0 Å². The molecule has 1 fully saturated rings. The summed E-state index contributed by atoms with van der Waals surface area (Å²) in [4.78, 5) is 2.32. The zero-order chi connectivity index (χ0) is 13.0. The lowest BCUT2D eigenvalue weighted by molar-refractivity contribution is 0.234. The largest absolute Gasteiger partial charge is 0.383 e. The van der Waals surface area contributed by atoms with Crippen LogP contribution in [0.2, 0.25) is 0 Å². The summed E-state index contributed by atoms with van der Waals surface area (Å²) in [7, 11) is 2.13. The Morgan fingerprint density at radius 2 is 2.39 bits per heavy atom. The Hall–Kier alpha value is -0.650. The zero-order valence-electron chi connectivity index (χ0n) is 10.5. The van der Waals surface area contributed by atoms with E-state index in [1.54, 1.807) is 12.1 Å². The maximum atomic E-state index is 13.5. The second-order valence-electron chi connectivity index (χ2n) is 4.75. The molecule has 1 unspecified atom stereocenters. The highest BCUT2D eigenvalue weighted by molar-refractivity contribution is 9.10. The third-order valence-electron chi connectivity index (χ3n) is 3.20. The van der Waals surface area contributed by atoms with Gasteiger partial charge in [0, 0.05) is 36.7 Å². The van der Waals surface area contributed by atoms with Crippen molar-refractivity contribution in [1.82, 2.24) is 10.2 Å². The van der Waals surface area contributed by atoms with Gasteiger partial charge in [0.1, 0.15) is 5.82 Å². The number of rotatable bonds is 4. The molecule has 1 aromatic rings. The van der Waals surface area contributed by atoms with E-state index in [1.807, 2.05) is 0 Å².